The standard InChI is InChI=1S/C5H4BBrNO2/c7-5-2-1-4(3-8-5)10-6-9/h1-3,9H. The van der Waals surface area contributed by atoms with Gasteiger partial charge in [0.25, 0.3) is 0 Å². The van der Waals surface area contributed by atoms with Gasteiger partial charge in [-0.3, -0.25) is 0 Å². The quantitative estimate of drug-likeness (QED) is 0.566. The Kier molecular flexibility index (Phi) is 2.71. The lowest BCUT2D eigenvalue weighted by atomic mass is 10.4. The van der Waals surface area contributed by atoms with Gasteiger partial charge in [0.15, 0.2) is 0 Å². The molecule has 0 spiro atoms. The smallest absolute Gasteiger partial charge is 0.536 e. The third-order valence-electron chi connectivity index (χ3n) is 0.889. The molecule has 0 fully saturated rings. The predicted octanol–water partition coefficient (Wildman–Crippen LogP) is 0.749. The van der Waals surface area contributed by atoms with Crippen molar-refractivity contribution >= 4 is 23.6 Å². The number of aromatic nitrogens is 1. The van der Waals surface area contributed by atoms with Crippen molar-refractivity contribution in [3.05, 3.63) is 22.9 Å². The number of pyridine rings is 1. The van der Waals surface area contributed by atoms with Crippen LogP contribution in [0.2, 0.25) is 0 Å². The summed E-state index contributed by atoms with van der Waals surface area (Å²) >= 11 is 3.16. The highest BCUT2D eigenvalue weighted by molar-refractivity contribution is 9.10. The lowest BCUT2D eigenvalue weighted by Crippen LogP contribution is -1.99. The molecule has 0 amide bonds. The molecule has 1 aromatic heterocycles. The van der Waals surface area contributed by atoms with Gasteiger partial charge in [-0.15, -0.1) is 0 Å². The minimum atomic E-state index is 0.505. The van der Waals surface area contributed by atoms with E-state index in [1.54, 1.807) is 12.1 Å². The van der Waals surface area contributed by atoms with Crippen LogP contribution in [0.15, 0.2) is 22.9 Å². The highest BCUT2D eigenvalue weighted by Crippen LogP contribution is 2.11. The molecule has 0 saturated carbocycles. The zero-order valence-corrected chi connectivity index (χ0v) is 6.58. The van der Waals surface area contributed by atoms with Crippen molar-refractivity contribution in [1.82, 2.24) is 4.98 Å². The van der Waals surface area contributed by atoms with Crippen LogP contribution in [0, 0.1) is 0 Å². The van der Waals surface area contributed by atoms with Gasteiger partial charge in [-0.05, 0) is 28.1 Å². The van der Waals surface area contributed by atoms with Gasteiger partial charge in [-0.25, -0.2) is 4.98 Å². The van der Waals surface area contributed by atoms with Crippen LogP contribution in [-0.4, -0.2) is 17.7 Å². The molecule has 10 heavy (non-hydrogen) atoms. The average molecular weight is 201 g/mol. The zero-order valence-electron chi connectivity index (χ0n) is 4.99. The molecule has 1 rings (SSSR count). The van der Waals surface area contributed by atoms with E-state index in [4.69, 9.17) is 5.02 Å². The molecular weight excluding hydrogens is 197 g/mol. The van der Waals surface area contributed by atoms with E-state index in [2.05, 4.69) is 25.6 Å². The summed E-state index contributed by atoms with van der Waals surface area (Å²) in [5.74, 6) is 0.505. The largest absolute Gasteiger partial charge is 0.569 e. The van der Waals surface area contributed by atoms with Crippen LogP contribution in [0.1, 0.15) is 0 Å². The number of rotatable bonds is 2. The molecule has 1 heterocycles. The van der Waals surface area contributed by atoms with Gasteiger partial charge < -0.3 is 9.68 Å². The average Bonchev–Trinajstić information content (AvgIpc) is 1.95. The first kappa shape index (κ1) is 7.56. The van der Waals surface area contributed by atoms with Crippen LogP contribution in [0.25, 0.3) is 0 Å². The van der Waals surface area contributed by atoms with E-state index < -0.39 is 0 Å². The van der Waals surface area contributed by atoms with Gasteiger partial charge in [0.2, 0.25) is 0 Å². The summed E-state index contributed by atoms with van der Waals surface area (Å²) in [6, 6.07) is 3.41. The molecule has 0 unspecified atom stereocenters. The van der Waals surface area contributed by atoms with Gasteiger partial charge in [-0.2, -0.15) is 0 Å². The highest BCUT2D eigenvalue weighted by Gasteiger charge is 1.93. The Morgan fingerprint density at radius 2 is 2.40 bits per heavy atom. The maximum absolute atomic E-state index is 8.20. The minimum Gasteiger partial charge on any atom is -0.536 e. The molecule has 1 aromatic rings. The van der Waals surface area contributed by atoms with Crippen LogP contribution in [-0.2, 0) is 0 Å². The predicted molar refractivity (Wildman–Crippen MR) is 40.5 cm³/mol. The summed E-state index contributed by atoms with van der Waals surface area (Å²) in [6.07, 6.45) is 1.50. The summed E-state index contributed by atoms with van der Waals surface area (Å²) in [7, 11) is 0.616. The fourth-order valence-corrected chi connectivity index (χ4v) is 0.727. The van der Waals surface area contributed by atoms with Crippen molar-refractivity contribution in [2.45, 2.75) is 0 Å². The fourth-order valence-electron chi connectivity index (χ4n) is 0.493. The lowest BCUT2D eigenvalue weighted by Gasteiger charge is -1.98. The maximum atomic E-state index is 8.20. The van der Waals surface area contributed by atoms with Gasteiger partial charge >= 0.3 is 7.69 Å². The summed E-state index contributed by atoms with van der Waals surface area (Å²) in [6.45, 7) is 0. The Morgan fingerprint density at radius 1 is 1.60 bits per heavy atom. The molecule has 0 aliphatic heterocycles. The first-order chi connectivity index (χ1) is 4.83. The van der Waals surface area contributed by atoms with Crippen LogP contribution < -0.4 is 4.65 Å². The van der Waals surface area contributed by atoms with Crippen molar-refractivity contribution in [1.29, 1.82) is 0 Å². The molecule has 1 N–H and O–H groups in total. The number of halogens is 1. The number of hydrogen-bond acceptors (Lipinski definition) is 3. The number of hydrogen-bond donors (Lipinski definition) is 1. The first-order valence-corrected chi connectivity index (χ1v) is 3.36. The zero-order chi connectivity index (χ0) is 7.40. The topological polar surface area (TPSA) is 42.4 Å². The van der Waals surface area contributed by atoms with Crippen LogP contribution in [0.4, 0.5) is 0 Å². The SMILES string of the molecule is O[B]Oc1ccc(Br)nc1. The number of nitrogens with zero attached hydrogens (tertiary/aromatic N) is 1. The van der Waals surface area contributed by atoms with Crippen LogP contribution >= 0.6 is 15.9 Å². The van der Waals surface area contributed by atoms with Gasteiger partial charge in [0.05, 0.1) is 6.20 Å². The van der Waals surface area contributed by atoms with E-state index in [1.165, 1.54) is 6.20 Å². The van der Waals surface area contributed by atoms with E-state index in [1.807, 2.05) is 0 Å². The Hall–Kier alpha value is -0.545. The molecule has 0 aliphatic carbocycles. The highest BCUT2D eigenvalue weighted by atomic mass is 79.9. The van der Waals surface area contributed by atoms with Gasteiger partial charge in [0, 0.05) is 0 Å². The van der Waals surface area contributed by atoms with E-state index in [0.717, 1.165) is 4.60 Å². The molecule has 0 saturated heterocycles. The third kappa shape index (κ3) is 2.00. The summed E-state index contributed by atoms with van der Waals surface area (Å²) in [5.41, 5.74) is 0. The Bertz CT molecular complexity index is 203. The summed E-state index contributed by atoms with van der Waals surface area (Å²) < 4.78 is 5.34. The molecule has 1 radical (unpaired) electrons. The molecular formula is C5H4BBrNO2. The van der Waals surface area contributed by atoms with E-state index in [9.17, 15) is 0 Å². The first-order valence-electron chi connectivity index (χ1n) is 2.57. The second kappa shape index (κ2) is 3.58. The molecule has 0 aliphatic rings. The van der Waals surface area contributed by atoms with Gasteiger partial charge in [0.1, 0.15) is 10.4 Å². The van der Waals surface area contributed by atoms with Crippen molar-refractivity contribution in [2.24, 2.45) is 0 Å². The lowest BCUT2D eigenvalue weighted by molar-refractivity contribution is 0.452. The molecule has 3 nitrogen and oxygen atoms in total. The van der Waals surface area contributed by atoms with Crippen molar-refractivity contribution in [2.75, 3.05) is 0 Å². The second-order valence-electron chi connectivity index (χ2n) is 1.54. The third-order valence-corrected chi connectivity index (χ3v) is 1.36. The van der Waals surface area contributed by atoms with Crippen LogP contribution in [0.3, 0.4) is 0 Å². The molecule has 0 atom stereocenters. The van der Waals surface area contributed by atoms with Crippen molar-refractivity contribution in [3.63, 3.8) is 0 Å². The normalized spacial score (nSPS) is 9.00. The van der Waals surface area contributed by atoms with E-state index in [-0.39, 0.29) is 0 Å². The maximum Gasteiger partial charge on any atom is 0.569 e. The Labute approximate surface area is 67.5 Å². The van der Waals surface area contributed by atoms with Crippen molar-refractivity contribution in [3.8, 4) is 5.75 Å². The second-order valence-corrected chi connectivity index (χ2v) is 2.35. The molecule has 0 aromatic carbocycles. The Morgan fingerprint density at radius 3 is 2.90 bits per heavy atom. The van der Waals surface area contributed by atoms with E-state index in [0.29, 0.717) is 13.4 Å². The van der Waals surface area contributed by atoms with Gasteiger partial charge in [-0.1, -0.05) is 0 Å². The summed E-state index contributed by atoms with van der Waals surface area (Å²) in [5, 5.41) is 8.20. The Balaban J connectivity index is 2.69. The van der Waals surface area contributed by atoms with Crippen LogP contribution in [0.5, 0.6) is 5.75 Å². The molecule has 0 bridgehead atoms. The van der Waals surface area contributed by atoms with Crippen molar-refractivity contribution < 1.29 is 9.68 Å². The monoisotopic (exact) mass is 200 g/mol. The molecule has 51 valence electrons. The minimum absolute atomic E-state index is 0.505. The van der Waals surface area contributed by atoms with E-state index >= 15 is 0 Å². The molecule has 5 heteroatoms. The summed E-state index contributed by atoms with van der Waals surface area (Å²) in [4.78, 5) is 3.86. The fraction of sp³-hybridized carbons (Fsp3) is 0.